The molecule has 1 saturated carbocycles. The molecule has 1 fully saturated rings. The minimum Gasteiger partial charge on any atom is -0.391 e. The predicted octanol–water partition coefficient (Wildman–Crippen LogP) is -4.91. The molecule has 27 nitrogen and oxygen atoms in total. The van der Waals surface area contributed by atoms with Crippen LogP contribution in [0.4, 0.5) is 0 Å². The summed E-state index contributed by atoms with van der Waals surface area (Å²) in [6.45, 7) is 12.8. The lowest BCUT2D eigenvalue weighted by Gasteiger charge is -2.29. The highest BCUT2D eigenvalue weighted by atomic mass is 16.3. The molecule has 1 aliphatic rings. The van der Waals surface area contributed by atoms with Crippen molar-refractivity contribution in [2.45, 2.75) is 205 Å². The number of hydrogen-bond acceptors (Lipinski definition) is 17. The Balaban J connectivity index is 3.25. The molecule has 77 heavy (non-hydrogen) atoms. The smallest absolute Gasteiger partial charge is 0.249 e. The van der Waals surface area contributed by atoms with Crippen molar-refractivity contribution in [1.29, 1.82) is 0 Å². The first-order valence-corrected chi connectivity index (χ1v) is 27.1. The van der Waals surface area contributed by atoms with Crippen LogP contribution < -0.4 is 76.1 Å². The van der Waals surface area contributed by atoms with Crippen LogP contribution in [-0.2, 0) is 47.9 Å². The van der Waals surface area contributed by atoms with E-state index in [-0.39, 0.29) is 95.4 Å². The molecule has 0 heterocycles. The molecule has 27 heteroatoms. The summed E-state index contributed by atoms with van der Waals surface area (Å²) < 4.78 is 0. The van der Waals surface area contributed by atoms with Crippen molar-refractivity contribution in [2.24, 2.45) is 40.7 Å². The van der Waals surface area contributed by atoms with Crippen molar-refractivity contribution >= 4 is 59.1 Å². The number of nitrogens with two attached hydrogens (primary N) is 4. The van der Waals surface area contributed by atoms with Gasteiger partial charge in [0, 0.05) is 6.54 Å². The van der Waals surface area contributed by atoms with E-state index < -0.39 is 132 Å². The number of aliphatic hydroxyl groups excluding tert-OH is 3. The summed E-state index contributed by atoms with van der Waals surface area (Å²) in [5.41, 5.74) is 23.1. The lowest BCUT2D eigenvalue weighted by atomic mass is 9.85. The summed E-state index contributed by atoms with van der Waals surface area (Å²) in [5.74, 6) is -8.75. The molecule has 0 aromatic carbocycles. The van der Waals surface area contributed by atoms with E-state index in [0.29, 0.717) is 12.8 Å². The van der Waals surface area contributed by atoms with E-state index in [1.54, 1.807) is 34.6 Å². The summed E-state index contributed by atoms with van der Waals surface area (Å²) in [5, 5.41) is 56.8. The lowest BCUT2D eigenvalue weighted by Crippen LogP contribution is -2.61. The van der Waals surface area contributed by atoms with E-state index >= 15 is 0 Å². The molecule has 0 aliphatic heterocycles. The number of nitrogens with one attached hydrogen (secondary N) is 10. The quantitative estimate of drug-likeness (QED) is 0.0280. The van der Waals surface area contributed by atoms with Crippen molar-refractivity contribution in [3.05, 3.63) is 0 Å². The van der Waals surface area contributed by atoms with Crippen molar-refractivity contribution in [1.82, 2.24) is 53.2 Å². The number of likely N-dealkylation sites (N-methyl/N-ethyl adjacent to an activating group) is 1. The fourth-order valence-corrected chi connectivity index (χ4v) is 8.58. The number of amides is 10. The van der Waals surface area contributed by atoms with Crippen LogP contribution in [0, 0.1) is 17.8 Å². The van der Waals surface area contributed by atoms with Gasteiger partial charge in [0.25, 0.3) is 0 Å². The SMILES string of the molecule is CCNC(=O)[C@@H](NC(=O)[C@H](CCN)NC(=O)[C@H](CCN)NC(=O)[C@H](CC(C)C)NC(=O)[C@@H](CC(C)C)NC(=O)[C@H](CCCN)NC(=O)[C@H](C)NC(=O)[C@H](CCN)NC(=O)[C@@H](NC(=O)C(O)C1CCCCC1)C(C)O)C(C)O. The van der Waals surface area contributed by atoms with Crippen LogP contribution in [0.5, 0.6) is 0 Å². The van der Waals surface area contributed by atoms with Gasteiger partial charge in [0.05, 0.1) is 12.2 Å². The van der Waals surface area contributed by atoms with E-state index in [4.69, 9.17) is 22.9 Å². The zero-order valence-electron chi connectivity index (χ0n) is 46.4. The monoisotopic (exact) mass is 1100 g/mol. The van der Waals surface area contributed by atoms with Gasteiger partial charge in [0.2, 0.25) is 59.1 Å². The first-order valence-electron chi connectivity index (χ1n) is 27.1. The van der Waals surface area contributed by atoms with E-state index in [1.165, 1.54) is 20.8 Å². The van der Waals surface area contributed by atoms with E-state index in [0.717, 1.165) is 19.3 Å². The maximum atomic E-state index is 14.1. The van der Waals surface area contributed by atoms with Gasteiger partial charge >= 0.3 is 0 Å². The van der Waals surface area contributed by atoms with E-state index in [1.807, 2.05) is 0 Å². The molecule has 0 aromatic rings. The molecule has 1 rings (SSSR count). The van der Waals surface area contributed by atoms with Crippen LogP contribution in [0.15, 0.2) is 0 Å². The third-order valence-electron chi connectivity index (χ3n) is 12.9. The molecule has 0 bridgehead atoms. The summed E-state index contributed by atoms with van der Waals surface area (Å²) in [6, 6.07) is -11.9. The second kappa shape index (κ2) is 36.5. The highest BCUT2D eigenvalue weighted by Gasteiger charge is 2.37. The highest BCUT2D eigenvalue weighted by molar-refractivity contribution is 5.98. The minimum atomic E-state index is -1.55. The van der Waals surface area contributed by atoms with Gasteiger partial charge in [0.1, 0.15) is 60.5 Å². The summed E-state index contributed by atoms with van der Waals surface area (Å²) in [4.78, 5) is 135. The fraction of sp³-hybridized carbons (Fsp3) is 0.800. The van der Waals surface area contributed by atoms with Gasteiger partial charge in [-0.05, 0) is 129 Å². The van der Waals surface area contributed by atoms with Crippen LogP contribution in [0.1, 0.15) is 132 Å². The maximum absolute atomic E-state index is 14.1. The Kier molecular flexibility index (Phi) is 32.9. The van der Waals surface area contributed by atoms with Gasteiger partial charge in [-0.3, -0.25) is 47.9 Å². The van der Waals surface area contributed by atoms with E-state index in [9.17, 15) is 63.3 Å². The standard InChI is InChI=1S/C50H94N14O13/c1-9-55-48(75)38(29(7)65)63-45(72)35(19-23-54)58-44(71)34(18-22-53)59-46(73)36(24-26(2)3)62-47(74)37(25-27(4)5)61-43(70)32(16-13-20-51)57-41(68)28(6)56-42(69)33(17-21-52)60-49(76)39(30(8)66)64-50(77)40(67)31-14-11-10-12-15-31/h26-40,65-67H,9-25,51-54H2,1-8H3,(H,55,75)(H,56,69)(H,57,68)(H,58,71)(H,59,73)(H,60,76)(H,61,70)(H,62,74)(H,63,72)(H,64,77)/t28-,29?,30?,32-,33-,34-,35-,36-,37+,38-,39-,40?/m0/s1. The van der Waals surface area contributed by atoms with Gasteiger partial charge < -0.3 is 91.4 Å². The normalized spacial score (nSPS) is 17.5. The van der Waals surface area contributed by atoms with Crippen LogP contribution >= 0.6 is 0 Å². The molecular formula is C50H94N14O13. The van der Waals surface area contributed by atoms with Crippen molar-refractivity contribution < 1.29 is 63.3 Å². The molecular weight excluding hydrogens is 1000 g/mol. The van der Waals surface area contributed by atoms with Crippen LogP contribution in [0.3, 0.4) is 0 Å². The Labute approximate surface area is 452 Å². The average Bonchev–Trinajstić information content (AvgIpc) is 3.36. The fourth-order valence-electron chi connectivity index (χ4n) is 8.58. The molecule has 1 aliphatic carbocycles. The molecule has 0 spiro atoms. The molecule has 21 N–H and O–H groups in total. The first-order chi connectivity index (χ1) is 36.3. The molecule has 0 radical (unpaired) electrons. The second-order valence-electron chi connectivity index (χ2n) is 20.7. The number of rotatable bonds is 36. The Morgan fingerprint density at radius 2 is 0.766 bits per heavy atom. The Bertz CT molecular complexity index is 1900. The van der Waals surface area contributed by atoms with Crippen LogP contribution in [0.2, 0.25) is 0 Å². The Morgan fingerprint density at radius 3 is 1.17 bits per heavy atom. The first kappa shape index (κ1) is 69.4. The van der Waals surface area contributed by atoms with Gasteiger partial charge in [-0.1, -0.05) is 47.0 Å². The topological polar surface area (TPSA) is 456 Å². The third kappa shape index (κ3) is 25.2. The lowest BCUT2D eigenvalue weighted by molar-refractivity contribution is -0.139. The van der Waals surface area contributed by atoms with Gasteiger partial charge in [-0.25, -0.2) is 0 Å². The van der Waals surface area contributed by atoms with Crippen molar-refractivity contribution in [2.75, 3.05) is 32.7 Å². The molecule has 10 amide bonds. The molecule has 0 saturated heterocycles. The Morgan fingerprint density at radius 1 is 0.416 bits per heavy atom. The number of aliphatic hydroxyl groups is 3. The summed E-state index contributed by atoms with van der Waals surface area (Å²) in [6.07, 6.45) is -0.0904. The number of carbonyl (C=O) groups excluding carboxylic acids is 10. The zero-order chi connectivity index (χ0) is 58.5. The molecule has 12 atom stereocenters. The van der Waals surface area contributed by atoms with Gasteiger partial charge in [0.15, 0.2) is 0 Å². The number of carbonyl (C=O) groups is 10. The summed E-state index contributed by atoms with van der Waals surface area (Å²) >= 11 is 0. The Hall–Kier alpha value is -5.58. The second-order valence-corrected chi connectivity index (χ2v) is 20.7. The largest absolute Gasteiger partial charge is 0.391 e. The van der Waals surface area contributed by atoms with E-state index in [2.05, 4.69) is 53.2 Å². The minimum absolute atomic E-state index is 0.00457. The maximum Gasteiger partial charge on any atom is 0.249 e. The molecule has 3 unspecified atom stereocenters. The van der Waals surface area contributed by atoms with Gasteiger partial charge in [-0.2, -0.15) is 0 Å². The summed E-state index contributed by atoms with van der Waals surface area (Å²) in [7, 11) is 0. The molecule has 0 aromatic heterocycles. The third-order valence-corrected chi connectivity index (χ3v) is 12.9. The van der Waals surface area contributed by atoms with Crippen LogP contribution in [0.25, 0.3) is 0 Å². The number of hydrogen-bond donors (Lipinski definition) is 17. The molecule has 442 valence electrons. The van der Waals surface area contributed by atoms with Crippen molar-refractivity contribution in [3.8, 4) is 0 Å². The van der Waals surface area contributed by atoms with Crippen LogP contribution in [-0.4, -0.2) is 180 Å². The predicted molar refractivity (Wildman–Crippen MR) is 286 cm³/mol. The zero-order valence-corrected chi connectivity index (χ0v) is 46.4. The highest BCUT2D eigenvalue weighted by Crippen LogP contribution is 2.26. The van der Waals surface area contributed by atoms with Gasteiger partial charge in [-0.15, -0.1) is 0 Å². The van der Waals surface area contributed by atoms with Crippen molar-refractivity contribution in [3.63, 3.8) is 0 Å². The average molecular weight is 1100 g/mol.